The van der Waals surface area contributed by atoms with Crippen molar-refractivity contribution in [2.75, 3.05) is 12.8 Å². The molecule has 11 nitrogen and oxygen atoms in total. The van der Waals surface area contributed by atoms with E-state index in [0.717, 1.165) is 18.2 Å². The molecule has 2 unspecified atom stereocenters. The van der Waals surface area contributed by atoms with Crippen LogP contribution in [0, 0.1) is 5.92 Å². The molecule has 0 bridgehead atoms. The first kappa shape index (κ1) is 29.2. The highest BCUT2D eigenvalue weighted by molar-refractivity contribution is 8.04. The molecule has 1 aliphatic carbocycles. The molecule has 0 saturated heterocycles. The van der Waals surface area contributed by atoms with Crippen molar-refractivity contribution < 1.29 is 44.0 Å². The number of likely N-dealkylation sites (N-methyl/N-ethyl adjacent to an activating group) is 1. The molecule has 0 aromatic heterocycles. The molecule has 1 amide bonds. The second-order valence-corrected chi connectivity index (χ2v) is 10.8. The molecule has 1 aromatic carbocycles. The second kappa shape index (κ2) is 12.0. The molecule has 3 atom stereocenters. The van der Waals surface area contributed by atoms with Gasteiger partial charge in [0.15, 0.2) is 0 Å². The summed E-state index contributed by atoms with van der Waals surface area (Å²) in [5.41, 5.74) is 0.652. The van der Waals surface area contributed by atoms with Gasteiger partial charge in [-0.15, -0.1) is 11.8 Å². The number of carboxylic acid groups (broad SMARTS) is 2. The smallest absolute Gasteiger partial charge is 0.327 e. The van der Waals surface area contributed by atoms with Crippen molar-refractivity contribution in [3.63, 3.8) is 0 Å². The van der Waals surface area contributed by atoms with Gasteiger partial charge in [0, 0.05) is 30.9 Å². The van der Waals surface area contributed by atoms with Crippen LogP contribution in [0.3, 0.4) is 0 Å². The number of rotatable bonds is 11. The number of fused-ring (bicyclic) bond motifs is 2. The van der Waals surface area contributed by atoms with Gasteiger partial charge in [0.05, 0.1) is 29.1 Å². The Hall–Kier alpha value is -3.38. The van der Waals surface area contributed by atoms with Crippen LogP contribution in [0.15, 0.2) is 16.7 Å². The van der Waals surface area contributed by atoms with Crippen LogP contribution in [0.25, 0.3) is 0 Å². The highest BCUT2D eigenvalue weighted by atomic mass is 32.2. The topological polar surface area (TPSA) is 179 Å². The van der Waals surface area contributed by atoms with Crippen LogP contribution in [-0.4, -0.2) is 69.7 Å². The molecular weight excluding hydrogens is 516 g/mol. The van der Waals surface area contributed by atoms with Crippen molar-refractivity contribution >= 4 is 41.2 Å². The van der Waals surface area contributed by atoms with E-state index >= 15 is 0 Å². The summed E-state index contributed by atoms with van der Waals surface area (Å²) in [6.45, 7) is 5.21. The number of carbonyl (C=O) groups is 5. The Kier molecular flexibility index (Phi) is 9.21. The lowest BCUT2D eigenvalue weighted by atomic mass is 9.82. The number of ether oxygens (including phenoxy) is 1. The number of allylic oxidation sites excluding steroid dienone is 2. The molecule has 0 radical (unpaired) electrons. The number of phenolic OH excluding ortho intramolecular Hbond substituents is 1. The van der Waals surface area contributed by atoms with Gasteiger partial charge in [-0.2, -0.15) is 0 Å². The van der Waals surface area contributed by atoms with Crippen molar-refractivity contribution in [1.82, 2.24) is 10.6 Å². The molecule has 0 fully saturated rings. The predicted molar refractivity (Wildman–Crippen MR) is 138 cm³/mol. The third-order valence-corrected chi connectivity index (χ3v) is 7.59. The number of thioether (sulfide) groups is 1. The number of benzene rings is 1. The van der Waals surface area contributed by atoms with Crippen LogP contribution in [0.2, 0.25) is 0 Å². The maximum atomic E-state index is 13.6. The number of amides is 1. The van der Waals surface area contributed by atoms with Gasteiger partial charge >= 0.3 is 11.9 Å². The molecule has 0 saturated carbocycles. The number of aromatic hydroxyl groups is 1. The zero-order valence-corrected chi connectivity index (χ0v) is 22.4. The van der Waals surface area contributed by atoms with Crippen LogP contribution < -0.4 is 10.6 Å². The SMILES string of the molecule is CNC1=C(SCC(NC(C)=O)C(=O)O)C(=O)c2c(cc3c(c2O)[C@@H](CCC(C)C)OC(CC(=O)O)C3)C1=O. The van der Waals surface area contributed by atoms with Gasteiger partial charge in [-0.05, 0) is 36.8 Å². The van der Waals surface area contributed by atoms with Gasteiger partial charge in [0.25, 0.3) is 0 Å². The van der Waals surface area contributed by atoms with Crippen molar-refractivity contribution in [3.8, 4) is 5.75 Å². The third-order valence-electron chi connectivity index (χ3n) is 6.41. The number of carboxylic acids is 2. The van der Waals surface area contributed by atoms with Gasteiger partial charge in [0.2, 0.25) is 17.5 Å². The molecule has 2 aliphatic rings. The number of Topliss-reactive ketones (excluding diaryl/α,β-unsaturated/α-hetero) is 2. The zero-order chi connectivity index (χ0) is 28.3. The highest BCUT2D eigenvalue weighted by Gasteiger charge is 2.40. The molecule has 3 rings (SSSR count). The molecule has 38 heavy (non-hydrogen) atoms. The predicted octanol–water partition coefficient (Wildman–Crippen LogP) is 2.42. The summed E-state index contributed by atoms with van der Waals surface area (Å²) in [4.78, 5) is 61.3. The molecule has 206 valence electrons. The maximum absolute atomic E-state index is 13.6. The van der Waals surface area contributed by atoms with Gasteiger partial charge in [-0.1, -0.05) is 13.8 Å². The quantitative estimate of drug-likeness (QED) is 0.274. The van der Waals surface area contributed by atoms with Crippen molar-refractivity contribution in [1.29, 1.82) is 0 Å². The Morgan fingerprint density at radius 1 is 1.18 bits per heavy atom. The van der Waals surface area contributed by atoms with Crippen LogP contribution >= 0.6 is 11.8 Å². The average molecular weight is 549 g/mol. The Morgan fingerprint density at radius 3 is 2.42 bits per heavy atom. The van der Waals surface area contributed by atoms with E-state index in [9.17, 15) is 39.3 Å². The van der Waals surface area contributed by atoms with Crippen molar-refractivity contribution in [2.24, 2.45) is 5.92 Å². The molecule has 0 spiro atoms. The lowest BCUT2D eigenvalue weighted by Gasteiger charge is -2.34. The molecular formula is C26H32N2O9S. The number of carbonyl (C=O) groups excluding carboxylic acids is 3. The third kappa shape index (κ3) is 6.18. The molecule has 12 heteroatoms. The minimum Gasteiger partial charge on any atom is -0.507 e. The Balaban J connectivity index is 2.06. The number of nitrogens with one attached hydrogen (secondary N) is 2. The number of hydrogen-bond donors (Lipinski definition) is 5. The molecule has 1 heterocycles. The zero-order valence-electron chi connectivity index (χ0n) is 21.6. The summed E-state index contributed by atoms with van der Waals surface area (Å²) in [7, 11) is 1.45. The first-order valence-corrected chi connectivity index (χ1v) is 13.2. The molecule has 1 aromatic rings. The van der Waals surface area contributed by atoms with E-state index in [4.69, 9.17) is 4.74 Å². The standard InChI is InChI=1S/C26H32N2O9S/c1-11(2)5-6-17-19-13(7-14(37-17)9-18(30)31)8-15-20(23(19)33)24(34)25(21(27-4)22(15)32)38-10-16(26(35)36)28-12(3)29/h8,11,14,16-17,27,33H,5-7,9-10H2,1-4H3,(H,28,29)(H,30,31)(H,35,36)/t14?,16?,17-/m1/s1. The summed E-state index contributed by atoms with van der Waals surface area (Å²) in [5.74, 6) is -4.42. The van der Waals surface area contributed by atoms with Gasteiger partial charge in [-0.3, -0.25) is 19.2 Å². The minimum atomic E-state index is -1.30. The van der Waals surface area contributed by atoms with E-state index in [1.165, 1.54) is 20.0 Å². The maximum Gasteiger partial charge on any atom is 0.327 e. The fourth-order valence-electron chi connectivity index (χ4n) is 4.70. The summed E-state index contributed by atoms with van der Waals surface area (Å²) in [6, 6.07) is 0.227. The largest absolute Gasteiger partial charge is 0.507 e. The Labute approximate surface area is 224 Å². The van der Waals surface area contributed by atoms with E-state index < -0.39 is 47.7 Å². The lowest BCUT2D eigenvalue weighted by molar-refractivity contribution is -0.142. The number of aliphatic carboxylic acids is 2. The van der Waals surface area contributed by atoms with Gasteiger partial charge < -0.3 is 30.7 Å². The minimum absolute atomic E-state index is 0.0184. The van der Waals surface area contributed by atoms with E-state index in [0.29, 0.717) is 23.5 Å². The summed E-state index contributed by atoms with van der Waals surface area (Å²) in [6.07, 6.45) is -0.219. The first-order chi connectivity index (χ1) is 17.8. The van der Waals surface area contributed by atoms with Gasteiger partial charge in [0.1, 0.15) is 17.5 Å². The average Bonchev–Trinajstić information content (AvgIpc) is 2.81. The van der Waals surface area contributed by atoms with Crippen LogP contribution in [0.4, 0.5) is 0 Å². The highest BCUT2D eigenvalue weighted by Crippen LogP contribution is 2.46. The van der Waals surface area contributed by atoms with E-state index in [2.05, 4.69) is 10.6 Å². The lowest BCUT2D eigenvalue weighted by Crippen LogP contribution is -2.41. The van der Waals surface area contributed by atoms with Gasteiger partial charge in [-0.25, -0.2) is 4.79 Å². The second-order valence-electron chi connectivity index (χ2n) is 9.76. The van der Waals surface area contributed by atoms with Crippen molar-refractivity contribution in [2.45, 2.75) is 64.7 Å². The van der Waals surface area contributed by atoms with E-state index in [1.54, 1.807) is 0 Å². The van der Waals surface area contributed by atoms with Crippen LogP contribution in [-0.2, 0) is 25.5 Å². The number of phenols is 1. The monoisotopic (exact) mass is 548 g/mol. The normalized spacial score (nSPS) is 19.6. The summed E-state index contributed by atoms with van der Waals surface area (Å²) >= 11 is 0.796. The fourth-order valence-corrected chi connectivity index (χ4v) is 5.83. The van der Waals surface area contributed by atoms with Crippen LogP contribution in [0.5, 0.6) is 5.75 Å². The number of ketones is 2. The van der Waals surface area contributed by atoms with Crippen LogP contribution in [0.1, 0.15) is 78.0 Å². The molecule has 5 N–H and O–H groups in total. The Morgan fingerprint density at radius 2 is 1.87 bits per heavy atom. The van der Waals surface area contributed by atoms with Crippen molar-refractivity contribution in [3.05, 3.63) is 38.9 Å². The van der Waals surface area contributed by atoms with E-state index in [-0.39, 0.29) is 46.1 Å². The molecule has 1 aliphatic heterocycles. The first-order valence-electron chi connectivity index (χ1n) is 12.3. The van der Waals surface area contributed by atoms with E-state index in [1.807, 2.05) is 13.8 Å². The number of hydrogen-bond acceptors (Lipinski definition) is 9. The summed E-state index contributed by atoms with van der Waals surface area (Å²) < 4.78 is 6.05. The Bertz CT molecular complexity index is 1210. The fraction of sp³-hybridized carbons (Fsp3) is 0.500. The summed E-state index contributed by atoms with van der Waals surface area (Å²) in [5, 5.41) is 35.1.